The Morgan fingerprint density at radius 3 is 2.75 bits per heavy atom. The highest BCUT2D eigenvalue weighted by Gasteiger charge is 2.16. The van der Waals surface area contributed by atoms with E-state index in [2.05, 4.69) is 38.3 Å². The molecular weight excluding hydrogens is 364 g/mol. The molecule has 1 aliphatic carbocycles. The van der Waals surface area contributed by atoms with E-state index in [-0.39, 0.29) is 0 Å². The zero-order chi connectivity index (χ0) is 19.9. The lowest BCUT2D eigenvalue weighted by Crippen LogP contribution is -2.03. The predicted molar refractivity (Wildman–Crippen MR) is 120 cm³/mol. The minimum atomic E-state index is -1.01. The third-order valence-electron chi connectivity index (χ3n) is 4.64. The molecule has 4 heteroatoms. The average molecular weight is 391 g/mol. The van der Waals surface area contributed by atoms with Gasteiger partial charge in [-0.3, -0.25) is 4.21 Å². The number of allylic oxidation sites excluding steroid dienone is 8. The summed E-state index contributed by atoms with van der Waals surface area (Å²) in [4.78, 5) is 10.6. The van der Waals surface area contributed by atoms with Crippen LogP contribution in [0.1, 0.15) is 44.0 Å². The van der Waals surface area contributed by atoms with Gasteiger partial charge < -0.3 is 0 Å². The van der Waals surface area contributed by atoms with Crippen molar-refractivity contribution in [2.24, 2.45) is 0 Å². The molecule has 0 N–H and O–H groups in total. The Balaban J connectivity index is 2.16. The molecule has 0 saturated carbocycles. The molecule has 0 aliphatic heterocycles. The first-order chi connectivity index (χ1) is 13.7. The molecular formula is C24H26N2OS. The molecule has 1 atom stereocenters. The van der Waals surface area contributed by atoms with Crippen molar-refractivity contribution in [3.8, 4) is 0 Å². The second-order valence-corrected chi connectivity index (χ2v) is 8.25. The van der Waals surface area contributed by atoms with Crippen LogP contribution in [-0.4, -0.2) is 19.9 Å². The summed E-state index contributed by atoms with van der Waals surface area (Å²) in [5.74, 6) is 0.678. The summed E-state index contributed by atoms with van der Waals surface area (Å²) in [5, 5.41) is 0. The van der Waals surface area contributed by atoms with Crippen LogP contribution in [0.2, 0.25) is 0 Å². The zero-order valence-corrected chi connectivity index (χ0v) is 17.2. The van der Waals surface area contributed by atoms with Crippen molar-refractivity contribution in [3.63, 3.8) is 0 Å². The second kappa shape index (κ2) is 9.56. The molecule has 0 amide bonds. The maximum atomic E-state index is 12.5. The van der Waals surface area contributed by atoms with Gasteiger partial charge in [0, 0.05) is 16.2 Å². The predicted octanol–water partition coefficient (Wildman–Crippen LogP) is 6.03. The molecule has 28 heavy (non-hydrogen) atoms. The van der Waals surface area contributed by atoms with Crippen molar-refractivity contribution in [1.29, 1.82) is 0 Å². The van der Waals surface area contributed by atoms with Crippen LogP contribution < -0.4 is 0 Å². The molecule has 3 nitrogen and oxygen atoms in total. The third-order valence-corrected chi connectivity index (χ3v) is 6.08. The van der Waals surface area contributed by atoms with Crippen LogP contribution in [0.25, 0.3) is 22.2 Å². The Labute approximate surface area is 169 Å². The lowest BCUT2D eigenvalue weighted by molar-refractivity contribution is 0.679. The second-order valence-electron chi connectivity index (χ2n) is 6.68. The van der Waals surface area contributed by atoms with E-state index in [1.165, 1.54) is 0 Å². The smallest absolute Gasteiger partial charge is 0.0972 e. The van der Waals surface area contributed by atoms with Gasteiger partial charge in [-0.2, -0.15) is 0 Å². The van der Waals surface area contributed by atoms with Gasteiger partial charge in [0.1, 0.15) is 0 Å². The molecule has 0 radical (unpaired) electrons. The van der Waals surface area contributed by atoms with E-state index in [0.717, 1.165) is 64.1 Å². The fourth-order valence-electron chi connectivity index (χ4n) is 3.13. The number of aromatic nitrogens is 2. The monoisotopic (exact) mass is 390 g/mol. The Hall–Kier alpha value is -2.59. The lowest BCUT2D eigenvalue weighted by atomic mass is 9.99. The van der Waals surface area contributed by atoms with Crippen molar-refractivity contribution >= 4 is 33.0 Å². The molecule has 1 aromatic carbocycles. The Bertz CT molecular complexity index is 1010. The topological polar surface area (TPSA) is 42.9 Å². The number of unbranched alkanes of at least 4 members (excludes halogenated alkanes) is 1. The first-order valence-electron chi connectivity index (χ1n) is 9.70. The van der Waals surface area contributed by atoms with E-state index in [1.54, 1.807) is 12.2 Å². The Morgan fingerprint density at radius 2 is 2.07 bits per heavy atom. The largest absolute Gasteiger partial charge is 0.254 e. The highest BCUT2D eigenvalue weighted by atomic mass is 32.2. The summed E-state index contributed by atoms with van der Waals surface area (Å²) in [5.41, 5.74) is 5.11. The lowest BCUT2D eigenvalue weighted by Gasteiger charge is -2.14. The van der Waals surface area contributed by atoms with Crippen LogP contribution in [0.3, 0.4) is 0 Å². The number of nitrogens with zero attached hydrogens (tertiary/aromatic N) is 2. The minimum absolute atomic E-state index is 0.678. The fraction of sp³-hybridized carbons (Fsp3) is 0.250. The van der Waals surface area contributed by atoms with E-state index >= 15 is 0 Å². The van der Waals surface area contributed by atoms with Crippen LogP contribution in [0.4, 0.5) is 0 Å². The van der Waals surface area contributed by atoms with Gasteiger partial charge in [-0.05, 0) is 43.0 Å². The van der Waals surface area contributed by atoms with Crippen LogP contribution >= 0.6 is 0 Å². The summed E-state index contributed by atoms with van der Waals surface area (Å²) >= 11 is 0. The zero-order valence-electron chi connectivity index (χ0n) is 16.4. The van der Waals surface area contributed by atoms with E-state index in [0.29, 0.717) is 5.75 Å². The molecule has 0 bridgehead atoms. The van der Waals surface area contributed by atoms with Gasteiger partial charge in [0.05, 0.1) is 33.2 Å². The number of hydrogen-bond donors (Lipinski definition) is 0. The molecule has 2 aromatic rings. The van der Waals surface area contributed by atoms with Gasteiger partial charge in [-0.15, -0.1) is 0 Å². The van der Waals surface area contributed by atoms with E-state index < -0.39 is 10.8 Å². The maximum Gasteiger partial charge on any atom is 0.0972 e. The van der Waals surface area contributed by atoms with Crippen molar-refractivity contribution in [3.05, 3.63) is 79.2 Å². The number of fused-ring (bicyclic) bond motifs is 1. The molecule has 1 unspecified atom stereocenters. The number of benzene rings is 1. The van der Waals surface area contributed by atoms with Gasteiger partial charge in [0.15, 0.2) is 0 Å². The van der Waals surface area contributed by atoms with E-state index in [4.69, 9.17) is 9.97 Å². The van der Waals surface area contributed by atoms with Gasteiger partial charge >= 0.3 is 0 Å². The fourth-order valence-corrected chi connectivity index (χ4v) is 4.38. The van der Waals surface area contributed by atoms with E-state index in [9.17, 15) is 4.21 Å². The van der Waals surface area contributed by atoms with Crippen LogP contribution in [-0.2, 0) is 10.8 Å². The summed E-state index contributed by atoms with van der Waals surface area (Å²) in [7, 11) is -1.01. The summed E-state index contributed by atoms with van der Waals surface area (Å²) in [6.45, 7) is 9.83. The first-order valence-corrected chi connectivity index (χ1v) is 11.0. The Morgan fingerprint density at radius 1 is 1.21 bits per heavy atom. The third kappa shape index (κ3) is 4.45. The summed E-state index contributed by atoms with van der Waals surface area (Å²) in [6.07, 6.45) is 15.9. The van der Waals surface area contributed by atoms with Gasteiger partial charge in [-0.1, -0.05) is 63.0 Å². The normalized spacial score (nSPS) is 15.3. The summed E-state index contributed by atoms with van der Waals surface area (Å²) < 4.78 is 12.5. The first kappa shape index (κ1) is 20.2. The molecule has 1 aliphatic rings. The van der Waals surface area contributed by atoms with Gasteiger partial charge in [0.25, 0.3) is 0 Å². The van der Waals surface area contributed by atoms with Crippen molar-refractivity contribution in [2.45, 2.75) is 37.5 Å². The van der Waals surface area contributed by atoms with Gasteiger partial charge in [-0.25, -0.2) is 9.97 Å². The van der Waals surface area contributed by atoms with E-state index in [1.807, 2.05) is 24.3 Å². The molecule has 144 valence electrons. The van der Waals surface area contributed by atoms with Gasteiger partial charge in [0.2, 0.25) is 0 Å². The molecule has 1 aromatic heterocycles. The highest BCUT2D eigenvalue weighted by Crippen LogP contribution is 2.29. The van der Waals surface area contributed by atoms with Crippen molar-refractivity contribution < 1.29 is 4.21 Å². The number of hydrogen-bond acceptors (Lipinski definition) is 3. The standard InChI is InChI=1S/C24H26N2OS/c1-4-7-16-28(27)20-14-15-21-22(17-20)26-24(19-12-9-8-10-13-19)23(25-21)18(6-3)11-5-2/h5-6,9,11-15,17H,2-4,7-8,10,16H2,1H3/b18-11+. The molecule has 0 spiro atoms. The number of rotatable bonds is 8. The summed E-state index contributed by atoms with van der Waals surface area (Å²) in [6, 6.07) is 5.73. The quantitative estimate of drug-likeness (QED) is 0.517. The van der Waals surface area contributed by atoms with Crippen LogP contribution in [0.15, 0.2) is 72.7 Å². The average Bonchev–Trinajstić information content (AvgIpc) is 2.75. The van der Waals surface area contributed by atoms with Crippen molar-refractivity contribution in [1.82, 2.24) is 9.97 Å². The molecule has 3 rings (SSSR count). The van der Waals surface area contributed by atoms with Crippen molar-refractivity contribution in [2.75, 3.05) is 5.75 Å². The Kier molecular flexibility index (Phi) is 6.88. The highest BCUT2D eigenvalue weighted by molar-refractivity contribution is 7.85. The van der Waals surface area contributed by atoms with Crippen LogP contribution in [0, 0.1) is 0 Å². The molecule has 0 fully saturated rings. The minimum Gasteiger partial charge on any atom is -0.254 e. The molecule has 0 saturated heterocycles. The SMILES string of the molecule is C=C/C=C(\C=C)c1nc2ccc(S(=O)CCCC)cc2nc1C1=CCCC=C1. The maximum absolute atomic E-state index is 12.5. The molecule has 1 heterocycles. The van der Waals surface area contributed by atoms with Crippen LogP contribution in [0.5, 0.6) is 0 Å².